The van der Waals surface area contributed by atoms with Gasteiger partial charge in [0.15, 0.2) is 5.96 Å². The smallest absolute Gasteiger partial charge is 0.209 e. The molecule has 7 nitrogen and oxygen atoms in total. The van der Waals surface area contributed by atoms with Crippen molar-refractivity contribution in [2.75, 3.05) is 32.9 Å². The van der Waals surface area contributed by atoms with Crippen molar-refractivity contribution in [3.8, 4) is 0 Å². The van der Waals surface area contributed by atoms with E-state index >= 15 is 0 Å². The molecular formula is C19H32FN5O2S. The minimum absolute atomic E-state index is 0.208. The summed E-state index contributed by atoms with van der Waals surface area (Å²) in [5, 5.41) is 6.62. The lowest BCUT2D eigenvalue weighted by molar-refractivity contribution is 0.198. The Morgan fingerprint density at radius 1 is 1.25 bits per heavy atom. The Balaban J connectivity index is 1.76. The maximum Gasteiger partial charge on any atom is 0.209 e. The van der Waals surface area contributed by atoms with Crippen molar-refractivity contribution in [3.63, 3.8) is 0 Å². The summed E-state index contributed by atoms with van der Waals surface area (Å²) < 4.78 is 38.5. The number of rotatable bonds is 7. The molecule has 3 N–H and O–H groups in total. The van der Waals surface area contributed by atoms with Gasteiger partial charge in [0.2, 0.25) is 10.0 Å². The number of sulfonamides is 1. The quantitative estimate of drug-likeness (QED) is 0.463. The van der Waals surface area contributed by atoms with E-state index in [9.17, 15) is 12.8 Å². The Morgan fingerprint density at radius 2 is 1.86 bits per heavy atom. The molecular weight excluding hydrogens is 381 g/mol. The molecule has 1 fully saturated rings. The van der Waals surface area contributed by atoms with E-state index < -0.39 is 15.6 Å². The van der Waals surface area contributed by atoms with E-state index in [1.807, 2.05) is 26.0 Å². The number of aliphatic imine (C=N–C) groups is 1. The van der Waals surface area contributed by atoms with Gasteiger partial charge in [-0.15, -0.1) is 0 Å². The zero-order valence-corrected chi connectivity index (χ0v) is 17.9. The zero-order valence-electron chi connectivity index (χ0n) is 17.1. The van der Waals surface area contributed by atoms with Crippen LogP contribution >= 0.6 is 0 Å². The van der Waals surface area contributed by atoms with E-state index in [1.165, 1.54) is 12.1 Å². The highest BCUT2D eigenvalue weighted by Crippen LogP contribution is 2.14. The average molecular weight is 414 g/mol. The lowest BCUT2D eigenvalue weighted by Gasteiger charge is -2.33. The number of halogens is 1. The minimum Gasteiger partial charge on any atom is -0.355 e. The van der Waals surface area contributed by atoms with E-state index in [1.54, 1.807) is 7.05 Å². The van der Waals surface area contributed by atoms with Gasteiger partial charge in [-0.25, -0.2) is 17.5 Å². The first-order chi connectivity index (χ1) is 13.1. The summed E-state index contributed by atoms with van der Waals surface area (Å²) in [6.45, 7) is 6.79. The Morgan fingerprint density at radius 3 is 2.39 bits per heavy atom. The van der Waals surface area contributed by atoms with E-state index in [-0.39, 0.29) is 5.82 Å². The topological polar surface area (TPSA) is 85.8 Å². The summed E-state index contributed by atoms with van der Waals surface area (Å²) in [7, 11) is -1.57. The number of benzene rings is 1. The van der Waals surface area contributed by atoms with Crippen LogP contribution in [0.4, 0.5) is 4.39 Å². The molecule has 0 unspecified atom stereocenters. The third-order valence-electron chi connectivity index (χ3n) is 4.63. The Kier molecular flexibility index (Phi) is 7.79. The monoisotopic (exact) mass is 413 g/mol. The summed E-state index contributed by atoms with van der Waals surface area (Å²) >= 11 is 0. The molecule has 0 aliphatic carbocycles. The number of hydrogen-bond donors (Lipinski definition) is 3. The van der Waals surface area contributed by atoms with Crippen LogP contribution in [0.2, 0.25) is 0 Å². The molecule has 1 saturated heterocycles. The summed E-state index contributed by atoms with van der Waals surface area (Å²) in [5.74, 6) is 0.459. The van der Waals surface area contributed by atoms with Crippen LogP contribution < -0.4 is 15.4 Å². The summed E-state index contributed by atoms with van der Waals surface area (Å²) in [4.78, 5) is 6.61. The number of guanidine groups is 1. The largest absolute Gasteiger partial charge is 0.355 e. The molecule has 0 spiro atoms. The average Bonchev–Trinajstić information content (AvgIpc) is 2.60. The van der Waals surface area contributed by atoms with E-state index in [4.69, 9.17) is 0 Å². The number of hydrogen-bond acceptors (Lipinski definition) is 4. The van der Waals surface area contributed by atoms with Crippen LogP contribution in [-0.4, -0.2) is 63.8 Å². The van der Waals surface area contributed by atoms with Crippen LogP contribution in [0.5, 0.6) is 0 Å². The Hall–Kier alpha value is -1.71. The third-order valence-corrected chi connectivity index (χ3v) is 5.55. The molecule has 28 heavy (non-hydrogen) atoms. The van der Waals surface area contributed by atoms with Crippen LogP contribution in [0, 0.1) is 5.82 Å². The fourth-order valence-electron chi connectivity index (χ4n) is 3.31. The maximum atomic E-state index is 13.0. The predicted molar refractivity (Wildman–Crippen MR) is 111 cm³/mol. The first-order valence-corrected chi connectivity index (χ1v) is 11.4. The molecule has 1 aromatic carbocycles. The van der Waals surface area contributed by atoms with Gasteiger partial charge in [0.25, 0.3) is 0 Å². The van der Waals surface area contributed by atoms with Gasteiger partial charge in [-0.05, 0) is 44.4 Å². The fourth-order valence-corrected chi connectivity index (χ4v) is 4.39. The maximum absolute atomic E-state index is 13.0. The number of likely N-dealkylation sites (tertiary alicyclic amines) is 1. The second-order valence-corrected chi connectivity index (χ2v) is 9.75. The Bertz CT molecular complexity index is 757. The second kappa shape index (κ2) is 9.67. The highest BCUT2D eigenvalue weighted by molar-refractivity contribution is 7.88. The number of nitrogens with one attached hydrogen (secondary N) is 3. The molecule has 2 rings (SSSR count). The van der Waals surface area contributed by atoms with Crippen molar-refractivity contribution in [3.05, 3.63) is 35.6 Å². The molecule has 0 bridgehead atoms. The lowest BCUT2D eigenvalue weighted by atomic mass is 10.0. The lowest BCUT2D eigenvalue weighted by Crippen LogP contribution is -2.55. The molecule has 0 aromatic heterocycles. The van der Waals surface area contributed by atoms with Gasteiger partial charge in [-0.3, -0.25) is 9.89 Å². The van der Waals surface area contributed by atoms with Crippen molar-refractivity contribution in [1.29, 1.82) is 0 Å². The fraction of sp³-hybridized carbons (Fsp3) is 0.632. The van der Waals surface area contributed by atoms with Gasteiger partial charge in [0.1, 0.15) is 5.82 Å². The predicted octanol–water partition coefficient (Wildman–Crippen LogP) is 1.28. The molecule has 9 heteroatoms. The van der Waals surface area contributed by atoms with Gasteiger partial charge in [0.05, 0.1) is 6.26 Å². The highest BCUT2D eigenvalue weighted by atomic mass is 32.2. The van der Waals surface area contributed by atoms with Gasteiger partial charge < -0.3 is 10.6 Å². The molecule has 1 heterocycles. The molecule has 0 atom stereocenters. The molecule has 1 aliphatic heterocycles. The van der Waals surface area contributed by atoms with Crippen LogP contribution in [0.3, 0.4) is 0 Å². The normalized spacial score (nSPS) is 17.5. The van der Waals surface area contributed by atoms with Crippen molar-refractivity contribution < 1.29 is 12.8 Å². The van der Waals surface area contributed by atoms with Crippen molar-refractivity contribution >= 4 is 16.0 Å². The first kappa shape index (κ1) is 22.6. The first-order valence-electron chi connectivity index (χ1n) is 9.49. The molecule has 0 radical (unpaired) electrons. The molecule has 158 valence electrons. The molecule has 1 aliphatic rings. The van der Waals surface area contributed by atoms with E-state index in [2.05, 4.69) is 25.2 Å². The molecule has 0 amide bonds. The SMILES string of the molecule is CN=C(NCC(C)(C)NS(C)(=O)=O)NC1CCN(Cc2ccc(F)cc2)CC1. The summed E-state index contributed by atoms with van der Waals surface area (Å²) in [6.07, 6.45) is 3.11. The van der Waals surface area contributed by atoms with E-state index in [0.717, 1.165) is 44.3 Å². The van der Waals surface area contributed by atoms with Crippen molar-refractivity contribution in [2.24, 2.45) is 4.99 Å². The van der Waals surface area contributed by atoms with Gasteiger partial charge in [-0.1, -0.05) is 12.1 Å². The number of nitrogens with zero attached hydrogens (tertiary/aromatic N) is 2. The second-order valence-electron chi connectivity index (χ2n) is 8.01. The van der Waals surface area contributed by atoms with E-state index in [0.29, 0.717) is 18.5 Å². The van der Waals surface area contributed by atoms with Gasteiger partial charge in [-0.2, -0.15) is 0 Å². The summed E-state index contributed by atoms with van der Waals surface area (Å²) in [5.41, 5.74) is 0.495. The molecule has 0 saturated carbocycles. The van der Waals surface area contributed by atoms with Gasteiger partial charge in [0, 0.05) is 44.8 Å². The Labute approximate surface area is 167 Å². The number of piperidine rings is 1. The van der Waals surface area contributed by atoms with Crippen LogP contribution in [0.25, 0.3) is 0 Å². The van der Waals surface area contributed by atoms with Crippen LogP contribution in [0.1, 0.15) is 32.3 Å². The third kappa shape index (κ3) is 8.12. The standard InChI is InChI=1S/C19H32FN5O2S/c1-19(2,24-28(4,26)27)14-22-18(21-3)23-17-9-11-25(12-10-17)13-15-5-7-16(20)8-6-15/h5-8,17,24H,9-14H2,1-4H3,(H2,21,22,23). The van der Waals surface area contributed by atoms with Crippen molar-refractivity contribution in [1.82, 2.24) is 20.3 Å². The van der Waals surface area contributed by atoms with Crippen molar-refractivity contribution in [2.45, 2.75) is 44.8 Å². The minimum atomic E-state index is -3.27. The van der Waals surface area contributed by atoms with Crippen LogP contribution in [0.15, 0.2) is 29.3 Å². The zero-order chi connectivity index (χ0) is 20.8. The molecule has 1 aromatic rings. The van der Waals surface area contributed by atoms with Gasteiger partial charge >= 0.3 is 0 Å². The summed E-state index contributed by atoms with van der Waals surface area (Å²) in [6, 6.07) is 6.97. The van der Waals surface area contributed by atoms with Crippen LogP contribution in [-0.2, 0) is 16.6 Å². The highest BCUT2D eigenvalue weighted by Gasteiger charge is 2.24.